The van der Waals surface area contributed by atoms with Gasteiger partial charge >= 0.3 is 6.09 Å². The molecule has 0 aliphatic carbocycles. The summed E-state index contributed by atoms with van der Waals surface area (Å²) in [5, 5.41) is 5.35. The van der Waals surface area contributed by atoms with Gasteiger partial charge in [0.25, 0.3) is 5.91 Å². The molecule has 0 unspecified atom stereocenters. The molecule has 27 heavy (non-hydrogen) atoms. The van der Waals surface area contributed by atoms with Gasteiger partial charge in [0.15, 0.2) is 0 Å². The number of fused-ring (bicyclic) bond motifs is 1. The van der Waals surface area contributed by atoms with E-state index in [1.54, 1.807) is 32.9 Å². The highest BCUT2D eigenvalue weighted by Gasteiger charge is 2.31. The number of carbonyl (C=O) groups excluding carboxylic acids is 2. The number of carbonyl (C=O) groups is 2. The van der Waals surface area contributed by atoms with Crippen LogP contribution in [0, 0.1) is 0 Å². The summed E-state index contributed by atoms with van der Waals surface area (Å²) in [6, 6.07) is 5.20. The molecule has 0 fully saturated rings. The molecule has 0 aromatic heterocycles. The zero-order chi connectivity index (χ0) is 20.2. The molecule has 0 spiro atoms. The Kier molecular flexibility index (Phi) is 6.13. The lowest BCUT2D eigenvalue weighted by molar-refractivity contribution is 0.0531. The van der Waals surface area contributed by atoms with E-state index in [0.29, 0.717) is 24.2 Å². The Labute approximate surface area is 159 Å². The van der Waals surface area contributed by atoms with Crippen LogP contribution in [0.3, 0.4) is 0 Å². The van der Waals surface area contributed by atoms with Crippen LogP contribution in [0.1, 0.15) is 50.5 Å². The lowest BCUT2D eigenvalue weighted by Crippen LogP contribution is -2.43. The topological polar surface area (TPSA) is 76.7 Å². The monoisotopic (exact) mass is 378 g/mol. The van der Waals surface area contributed by atoms with E-state index >= 15 is 0 Å². The molecule has 1 aromatic rings. The number of benzene rings is 1. The fraction of sp³-hybridized carbons (Fsp3) is 0.500. The zero-order valence-electron chi connectivity index (χ0n) is 16.4. The van der Waals surface area contributed by atoms with Crippen molar-refractivity contribution in [3.05, 3.63) is 41.2 Å². The van der Waals surface area contributed by atoms with Gasteiger partial charge in [-0.25, -0.2) is 9.18 Å². The van der Waals surface area contributed by atoms with Gasteiger partial charge in [-0.1, -0.05) is 13.8 Å². The van der Waals surface area contributed by atoms with Crippen molar-refractivity contribution in [2.45, 2.75) is 45.6 Å². The number of alkyl carbamates (subject to hydrolysis) is 1. The predicted molar refractivity (Wildman–Crippen MR) is 101 cm³/mol. The van der Waals surface area contributed by atoms with Crippen molar-refractivity contribution in [1.82, 2.24) is 10.6 Å². The molecule has 1 aromatic carbocycles. The molecule has 0 atom stereocenters. The minimum Gasteiger partial charge on any atom is -0.489 e. The molecule has 0 saturated carbocycles. The van der Waals surface area contributed by atoms with Gasteiger partial charge in [-0.15, -0.1) is 0 Å². The molecular formula is C20H27FN2O4. The maximum Gasteiger partial charge on any atom is 0.407 e. The lowest BCUT2D eigenvalue weighted by atomic mass is 9.79. The summed E-state index contributed by atoms with van der Waals surface area (Å²) < 4.78 is 23.9. The molecule has 0 bridgehead atoms. The fourth-order valence-corrected chi connectivity index (χ4v) is 2.66. The van der Waals surface area contributed by atoms with E-state index in [0.717, 1.165) is 5.56 Å². The van der Waals surface area contributed by atoms with Crippen molar-refractivity contribution in [2.24, 2.45) is 0 Å². The molecule has 7 heteroatoms. The van der Waals surface area contributed by atoms with E-state index < -0.39 is 11.7 Å². The molecule has 1 aliphatic heterocycles. The Morgan fingerprint density at radius 1 is 1.37 bits per heavy atom. The van der Waals surface area contributed by atoms with Gasteiger partial charge in [-0.2, -0.15) is 0 Å². The highest BCUT2D eigenvalue weighted by Crippen LogP contribution is 2.32. The number of hydrogen-bond acceptors (Lipinski definition) is 4. The normalized spacial score (nSPS) is 16.2. The number of amides is 2. The first-order chi connectivity index (χ1) is 12.5. The minimum absolute atomic E-state index is 0.0236. The largest absolute Gasteiger partial charge is 0.489 e. The Morgan fingerprint density at radius 2 is 2.07 bits per heavy atom. The molecule has 0 radical (unpaired) electrons. The van der Waals surface area contributed by atoms with E-state index in [9.17, 15) is 14.0 Å². The van der Waals surface area contributed by atoms with Crippen LogP contribution in [0.25, 0.3) is 0 Å². The highest BCUT2D eigenvalue weighted by atomic mass is 19.1. The van der Waals surface area contributed by atoms with Crippen LogP contribution in [-0.2, 0) is 10.2 Å². The predicted octanol–water partition coefficient (Wildman–Crippen LogP) is 3.46. The Hall–Kier alpha value is -2.57. The van der Waals surface area contributed by atoms with Crippen LogP contribution in [0.15, 0.2) is 30.1 Å². The molecule has 0 saturated heterocycles. The Morgan fingerprint density at radius 3 is 2.70 bits per heavy atom. The second kappa shape index (κ2) is 7.98. The first kappa shape index (κ1) is 20.7. The van der Waals surface area contributed by atoms with Crippen molar-refractivity contribution >= 4 is 12.0 Å². The molecule has 2 amide bonds. The summed E-state index contributed by atoms with van der Waals surface area (Å²) in [6.07, 6.45) is -0.212. The van der Waals surface area contributed by atoms with Crippen molar-refractivity contribution in [2.75, 3.05) is 19.7 Å². The highest BCUT2D eigenvalue weighted by molar-refractivity contribution is 5.97. The molecular weight excluding hydrogens is 351 g/mol. The maximum absolute atomic E-state index is 13.1. The lowest BCUT2D eigenvalue weighted by Gasteiger charge is -2.32. The molecule has 2 N–H and O–H groups in total. The van der Waals surface area contributed by atoms with Gasteiger partial charge in [0.05, 0.1) is 6.33 Å². The SMILES string of the molecule is CC(C)(C)OC(=O)NCC(=CF)COc1ccc2c(c1)C(C)(C)CNC2=O. The summed E-state index contributed by atoms with van der Waals surface area (Å²) in [7, 11) is 0. The van der Waals surface area contributed by atoms with Crippen LogP contribution < -0.4 is 15.4 Å². The number of ether oxygens (including phenoxy) is 2. The van der Waals surface area contributed by atoms with Crippen molar-refractivity contribution in [3.63, 3.8) is 0 Å². The minimum atomic E-state index is -0.623. The van der Waals surface area contributed by atoms with Gasteiger partial charge in [0.1, 0.15) is 18.0 Å². The van der Waals surface area contributed by atoms with Crippen LogP contribution >= 0.6 is 0 Å². The third kappa shape index (κ3) is 5.70. The van der Waals surface area contributed by atoms with Gasteiger partial charge in [0, 0.05) is 29.6 Å². The first-order valence-electron chi connectivity index (χ1n) is 8.82. The van der Waals surface area contributed by atoms with Crippen molar-refractivity contribution < 1.29 is 23.5 Å². The van der Waals surface area contributed by atoms with Gasteiger partial charge in [-0.3, -0.25) is 4.79 Å². The van der Waals surface area contributed by atoms with Crippen molar-refractivity contribution in [1.29, 1.82) is 0 Å². The number of hydrogen-bond donors (Lipinski definition) is 2. The number of halogens is 1. The smallest absolute Gasteiger partial charge is 0.407 e. The average molecular weight is 378 g/mol. The molecule has 148 valence electrons. The van der Waals surface area contributed by atoms with E-state index in [2.05, 4.69) is 10.6 Å². The van der Waals surface area contributed by atoms with Crippen LogP contribution in [-0.4, -0.2) is 37.3 Å². The Balaban J connectivity index is 1.97. The number of nitrogens with one attached hydrogen (secondary N) is 2. The summed E-state index contributed by atoms with van der Waals surface area (Å²) in [4.78, 5) is 23.6. The molecule has 1 heterocycles. The van der Waals surface area contributed by atoms with Gasteiger partial charge in [0.2, 0.25) is 0 Å². The Bertz CT molecular complexity index is 751. The van der Waals surface area contributed by atoms with Crippen LogP contribution in [0.2, 0.25) is 0 Å². The summed E-state index contributed by atoms with van der Waals surface area (Å²) in [5.41, 5.74) is 0.922. The summed E-state index contributed by atoms with van der Waals surface area (Å²) >= 11 is 0. The third-order valence-electron chi connectivity index (χ3n) is 4.09. The second-order valence-electron chi connectivity index (χ2n) is 8.19. The molecule has 1 aliphatic rings. The average Bonchev–Trinajstić information content (AvgIpc) is 2.57. The molecule has 6 nitrogen and oxygen atoms in total. The van der Waals surface area contributed by atoms with E-state index in [1.165, 1.54) is 0 Å². The van der Waals surface area contributed by atoms with E-state index in [-0.39, 0.29) is 30.0 Å². The van der Waals surface area contributed by atoms with Crippen LogP contribution in [0.4, 0.5) is 9.18 Å². The fourth-order valence-electron chi connectivity index (χ4n) is 2.66. The van der Waals surface area contributed by atoms with Gasteiger partial charge < -0.3 is 20.1 Å². The summed E-state index contributed by atoms with van der Waals surface area (Å²) in [5.74, 6) is 0.426. The standard InChI is InChI=1S/C20H27FN2O4/c1-19(2,3)27-18(25)22-10-13(9-21)11-26-14-6-7-15-16(8-14)20(4,5)12-23-17(15)24/h6-9H,10-12H2,1-5H3,(H,22,25)(H,23,24). The maximum atomic E-state index is 13.1. The third-order valence-corrected chi connectivity index (χ3v) is 4.09. The second-order valence-corrected chi connectivity index (χ2v) is 8.19. The van der Waals surface area contributed by atoms with E-state index in [4.69, 9.17) is 9.47 Å². The van der Waals surface area contributed by atoms with Gasteiger partial charge in [-0.05, 0) is 44.5 Å². The quantitative estimate of drug-likeness (QED) is 0.823. The van der Waals surface area contributed by atoms with E-state index in [1.807, 2.05) is 19.9 Å². The first-order valence-corrected chi connectivity index (χ1v) is 8.82. The molecule has 2 rings (SSSR count). The van der Waals surface area contributed by atoms with Crippen LogP contribution in [0.5, 0.6) is 5.75 Å². The zero-order valence-corrected chi connectivity index (χ0v) is 16.4. The van der Waals surface area contributed by atoms with Crippen molar-refractivity contribution in [3.8, 4) is 5.75 Å². The summed E-state index contributed by atoms with van der Waals surface area (Å²) in [6.45, 7) is 9.80. The number of rotatable bonds is 5.